The highest BCUT2D eigenvalue weighted by atomic mass is 35.5. The van der Waals surface area contributed by atoms with E-state index in [1.165, 1.54) is 12.8 Å². The van der Waals surface area contributed by atoms with Crippen molar-refractivity contribution < 1.29 is 14.3 Å². The van der Waals surface area contributed by atoms with Crippen LogP contribution in [0.1, 0.15) is 18.4 Å². The normalized spacial score (nSPS) is 14.8. The predicted octanol–water partition coefficient (Wildman–Crippen LogP) is 2.53. The fourth-order valence-electron chi connectivity index (χ4n) is 1.58. The average Bonchev–Trinajstić information content (AvgIpc) is 3.11. The quantitative estimate of drug-likeness (QED) is 0.796. The Morgan fingerprint density at radius 1 is 1.41 bits per heavy atom. The van der Waals surface area contributed by atoms with Gasteiger partial charge in [-0.3, -0.25) is 4.84 Å². The molecule has 1 aromatic rings. The molecule has 0 radical (unpaired) electrons. The number of hydrogen-bond donors (Lipinski definition) is 1. The number of rotatable bonds is 6. The molecule has 0 aliphatic heterocycles. The van der Waals surface area contributed by atoms with E-state index in [2.05, 4.69) is 4.84 Å². The Bertz CT molecular complexity index is 394. The monoisotopic (exact) mass is 257 g/mol. The Kier molecular flexibility index (Phi) is 4.10. The number of benzene rings is 1. The molecule has 0 saturated heterocycles. The molecular weight excluding hydrogens is 242 g/mol. The van der Waals surface area contributed by atoms with Crippen LogP contribution in [-0.2, 0) is 11.4 Å². The lowest BCUT2D eigenvalue weighted by atomic mass is 10.2. The Balaban J connectivity index is 2.16. The van der Waals surface area contributed by atoms with E-state index in [-0.39, 0.29) is 0 Å². The van der Waals surface area contributed by atoms with Gasteiger partial charge in [0, 0.05) is 0 Å². The summed E-state index contributed by atoms with van der Waals surface area (Å²) in [5, 5.41) is 0.525. The van der Waals surface area contributed by atoms with Crippen LogP contribution < -0.4 is 15.4 Å². The van der Waals surface area contributed by atoms with Gasteiger partial charge < -0.3 is 9.47 Å². The highest BCUT2D eigenvalue weighted by Gasteiger charge is 2.23. The molecule has 94 valence electrons. The molecule has 2 N–H and O–H groups in total. The standard InChI is InChI=1S/C12H16ClNO3/c1-15-11-5-9(7-17-14)4-10(13)12(11)16-6-8-2-3-8/h4-5,8H,2-3,6-7,14H2,1H3. The van der Waals surface area contributed by atoms with Crippen LogP contribution in [0.5, 0.6) is 11.5 Å². The minimum Gasteiger partial charge on any atom is -0.493 e. The Morgan fingerprint density at radius 2 is 2.18 bits per heavy atom. The first kappa shape index (κ1) is 12.5. The molecule has 5 heteroatoms. The molecule has 2 rings (SSSR count). The van der Waals surface area contributed by atoms with E-state index in [4.69, 9.17) is 27.0 Å². The van der Waals surface area contributed by atoms with Crippen molar-refractivity contribution in [1.82, 2.24) is 0 Å². The molecule has 1 fully saturated rings. The zero-order valence-corrected chi connectivity index (χ0v) is 10.5. The zero-order valence-electron chi connectivity index (χ0n) is 9.74. The van der Waals surface area contributed by atoms with Crippen LogP contribution in [0, 0.1) is 5.92 Å². The molecule has 0 bridgehead atoms. The van der Waals surface area contributed by atoms with Crippen molar-refractivity contribution in [2.45, 2.75) is 19.4 Å². The first-order chi connectivity index (χ1) is 8.24. The molecule has 4 nitrogen and oxygen atoms in total. The number of methoxy groups -OCH3 is 1. The highest BCUT2D eigenvalue weighted by molar-refractivity contribution is 6.32. The maximum absolute atomic E-state index is 6.15. The summed E-state index contributed by atoms with van der Waals surface area (Å²) in [4.78, 5) is 4.58. The number of ether oxygens (including phenoxy) is 2. The van der Waals surface area contributed by atoms with E-state index in [1.807, 2.05) is 6.07 Å². The van der Waals surface area contributed by atoms with Crippen molar-refractivity contribution in [1.29, 1.82) is 0 Å². The van der Waals surface area contributed by atoms with Gasteiger partial charge in [-0.2, -0.15) is 0 Å². The molecule has 0 heterocycles. The molecule has 0 spiro atoms. The maximum atomic E-state index is 6.15. The van der Waals surface area contributed by atoms with Gasteiger partial charge >= 0.3 is 0 Å². The van der Waals surface area contributed by atoms with Crippen molar-refractivity contribution in [3.05, 3.63) is 22.7 Å². The molecule has 0 unspecified atom stereocenters. The first-order valence-electron chi connectivity index (χ1n) is 5.55. The van der Waals surface area contributed by atoms with Gasteiger partial charge in [0.15, 0.2) is 11.5 Å². The summed E-state index contributed by atoms with van der Waals surface area (Å²) in [6.07, 6.45) is 2.47. The van der Waals surface area contributed by atoms with E-state index in [1.54, 1.807) is 13.2 Å². The van der Waals surface area contributed by atoms with Crippen LogP contribution in [0.2, 0.25) is 5.02 Å². The number of hydrogen-bond acceptors (Lipinski definition) is 4. The summed E-state index contributed by atoms with van der Waals surface area (Å²) in [5.41, 5.74) is 0.855. The summed E-state index contributed by atoms with van der Waals surface area (Å²) >= 11 is 6.15. The summed E-state index contributed by atoms with van der Waals surface area (Å²) in [7, 11) is 1.59. The Hall–Kier alpha value is -0.970. The van der Waals surface area contributed by atoms with E-state index >= 15 is 0 Å². The third kappa shape index (κ3) is 3.25. The average molecular weight is 258 g/mol. The topological polar surface area (TPSA) is 53.7 Å². The van der Waals surface area contributed by atoms with Crippen LogP contribution >= 0.6 is 11.6 Å². The van der Waals surface area contributed by atoms with Crippen LogP contribution in [-0.4, -0.2) is 13.7 Å². The number of nitrogens with two attached hydrogens (primary N) is 1. The summed E-state index contributed by atoms with van der Waals surface area (Å²) in [6, 6.07) is 3.60. The van der Waals surface area contributed by atoms with Crippen LogP contribution in [0.3, 0.4) is 0 Å². The van der Waals surface area contributed by atoms with Gasteiger partial charge in [-0.05, 0) is 36.5 Å². The second-order valence-corrected chi connectivity index (χ2v) is 4.58. The summed E-state index contributed by atoms with van der Waals surface area (Å²) in [5.74, 6) is 6.92. The Morgan fingerprint density at radius 3 is 2.76 bits per heavy atom. The van der Waals surface area contributed by atoms with E-state index in [0.717, 1.165) is 5.56 Å². The van der Waals surface area contributed by atoms with Gasteiger partial charge in [0.1, 0.15) is 0 Å². The minimum absolute atomic E-state index is 0.291. The first-order valence-corrected chi connectivity index (χ1v) is 5.93. The maximum Gasteiger partial charge on any atom is 0.179 e. The SMILES string of the molecule is COc1cc(CON)cc(Cl)c1OCC1CC1. The van der Waals surface area contributed by atoms with Gasteiger partial charge in [-0.25, -0.2) is 5.90 Å². The molecular formula is C12H16ClNO3. The van der Waals surface area contributed by atoms with Crippen LogP contribution in [0.4, 0.5) is 0 Å². The highest BCUT2D eigenvalue weighted by Crippen LogP contribution is 2.38. The summed E-state index contributed by atoms with van der Waals surface area (Å²) < 4.78 is 10.9. The van der Waals surface area contributed by atoms with E-state index in [0.29, 0.717) is 35.7 Å². The smallest absolute Gasteiger partial charge is 0.179 e. The van der Waals surface area contributed by atoms with Crippen molar-refractivity contribution in [3.63, 3.8) is 0 Å². The molecule has 1 aliphatic rings. The van der Waals surface area contributed by atoms with Crippen molar-refractivity contribution in [3.8, 4) is 11.5 Å². The van der Waals surface area contributed by atoms with Gasteiger partial charge in [-0.15, -0.1) is 0 Å². The van der Waals surface area contributed by atoms with Gasteiger partial charge in [0.2, 0.25) is 0 Å². The number of halogens is 1. The van der Waals surface area contributed by atoms with E-state index < -0.39 is 0 Å². The van der Waals surface area contributed by atoms with Crippen molar-refractivity contribution in [2.75, 3.05) is 13.7 Å². The third-order valence-corrected chi connectivity index (χ3v) is 2.98. The molecule has 1 saturated carbocycles. The van der Waals surface area contributed by atoms with E-state index in [9.17, 15) is 0 Å². The van der Waals surface area contributed by atoms with Gasteiger partial charge in [0.05, 0.1) is 25.3 Å². The van der Waals surface area contributed by atoms with Gasteiger partial charge in [0.25, 0.3) is 0 Å². The fraction of sp³-hybridized carbons (Fsp3) is 0.500. The Labute approximate surface area is 106 Å². The molecule has 0 amide bonds. The van der Waals surface area contributed by atoms with Crippen molar-refractivity contribution in [2.24, 2.45) is 11.8 Å². The lowest BCUT2D eigenvalue weighted by molar-refractivity contribution is 0.124. The second kappa shape index (κ2) is 5.58. The molecule has 17 heavy (non-hydrogen) atoms. The lowest BCUT2D eigenvalue weighted by Gasteiger charge is -2.13. The minimum atomic E-state index is 0.291. The predicted molar refractivity (Wildman–Crippen MR) is 65.2 cm³/mol. The molecule has 0 aromatic heterocycles. The zero-order chi connectivity index (χ0) is 12.3. The fourth-order valence-corrected chi connectivity index (χ4v) is 1.87. The third-order valence-electron chi connectivity index (χ3n) is 2.70. The molecule has 0 atom stereocenters. The van der Waals surface area contributed by atoms with Crippen LogP contribution in [0.15, 0.2) is 12.1 Å². The molecule has 1 aliphatic carbocycles. The second-order valence-electron chi connectivity index (χ2n) is 4.17. The largest absolute Gasteiger partial charge is 0.493 e. The summed E-state index contributed by atoms with van der Waals surface area (Å²) in [6.45, 7) is 0.988. The van der Waals surface area contributed by atoms with Crippen LogP contribution in [0.25, 0.3) is 0 Å². The van der Waals surface area contributed by atoms with Crippen molar-refractivity contribution >= 4 is 11.6 Å². The molecule has 1 aromatic carbocycles. The lowest BCUT2D eigenvalue weighted by Crippen LogP contribution is -2.03. The van der Waals surface area contributed by atoms with Gasteiger partial charge in [-0.1, -0.05) is 11.6 Å².